The van der Waals surface area contributed by atoms with E-state index in [1.54, 1.807) is 31.6 Å². The van der Waals surface area contributed by atoms with Crippen LogP contribution in [-0.2, 0) is 6.54 Å². The third-order valence-corrected chi connectivity index (χ3v) is 5.86. The molecule has 1 amide bonds. The van der Waals surface area contributed by atoms with E-state index in [9.17, 15) is 9.18 Å². The van der Waals surface area contributed by atoms with Crippen LogP contribution >= 0.6 is 0 Å². The fourth-order valence-electron chi connectivity index (χ4n) is 4.48. The van der Waals surface area contributed by atoms with Crippen molar-refractivity contribution in [2.24, 2.45) is 5.41 Å². The van der Waals surface area contributed by atoms with Crippen LogP contribution in [0.2, 0.25) is 0 Å². The van der Waals surface area contributed by atoms with E-state index in [0.717, 1.165) is 45.4 Å². The quantitative estimate of drug-likeness (QED) is 0.896. The fourth-order valence-corrected chi connectivity index (χ4v) is 4.48. The normalized spacial score (nSPS) is 23.1. The number of likely N-dealkylation sites (tertiary alicyclic amines) is 2. The molecule has 27 heavy (non-hydrogen) atoms. The Morgan fingerprint density at radius 3 is 3.00 bits per heavy atom. The number of aromatic nitrogens is 2. The van der Waals surface area contributed by atoms with Crippen molar-refractivity contribution >= 4 is 5.91 Å². The van der Waals surface area contributed by atoms with Crippen molar-refractivity contribution in [3.05, 3.63) is 47.5 Å². The zero-order valence-corrected chi connectivity index (χ0v) is 15.6. The van der Waals surface area contributed by atoms with Gasteiger partial charge in [-0.1, -0.05) is 0 Å². The summed E-state index contributed by atoms with van der Waals surface area (Å²) in [6.45, 7) is 3.94. The van der Waals surface area contributed by atoms with Crippen LogP contribution in [0.1, 0.15) is 35.2 Å². The van der Waals surface area contributed by atoms with Crippen molar-refractivity contribution < 1.29 is 13.9 Å². The molecular weight excluding hydrogens is 347 g/mol. The maximum Gasteiger partial charge on any atom is 0.257 e. The van der Waals surface area contributed by atoms with Crippen molar-refractivity contribution in [1.29, 1.82) is 0 Å². The van der Waals surface area contributed by atoms with Crippen molar-refractivity contribution in [3.63, 3.8) is 0 Å². The van der Waals surface area contributed by atoms with Gasteiger partial charge in [-0.2, -0.15) is 5.10 Å². The highest BCUT2D eigenvalue weighted by atomic mass is 19.1. The molecule has 7 heteroatoms. The van der Waals surface area contributed by atoms with Gasteiger partial charge in [0.25, 0.3) is 5.91 Å². The molecule has 3 heterocycles. The Kier molecular flexibility index (Phi) is 4.86. The van der Waals surface area contributed by atoms with Gasteiger partial charge in [0.05, 0.1) is 18.9 Å². The summed E-state index contributed by atoms with van der Waals surface area (Å²) in [5.41, 5.74) is 1.38. The molecule has 1 N–H and O–H groups in total. The molecular formula is C20H25FN4O2. The van der Waals surface area contributed by atoms with Gasteiger partial charge in [-0.3, -0.25) is 14.8 Å². The van der Waals surface area contributed by atoms with Gasteiger partial charge in [0.1, 0.15) is 11.6 Å². The van der Waals surface area contributed by atoms with E-state index in [1.807, 2.05) is 4.90 Å². The third kappa shape index (κ3) is 3.69. The number of hydrogen-bond donors (Lipinski definition) is 1. The van der Waals surface area contributed by atoms with Crippen molar-refractivity contribution in [2.75, 3.05) is 33.3 Å². The van der Waals surface area contributed by atoms with Gasteiger partial charge in [-0.05, 0) is 44.0 Å². The van der Waals surface area contributed by atoms with Crippen LogP contribution in [0, 0.1) is 11.2 Å². The Labute approximate surface area is 158 Å². The largest absolute Gasteiger partial charge is 0.497 e. The maximum atomic E-state index is 14.2. The monoisotopic (exact) mass is 372 g/mol. The van der Waals surface area contributed by atoms with Crippen molar-refractivity contribution in [3.8, 4) is 5.75 Å². The first-order chi connectivity index (χ1) is 13.1. The molecule has 144 valence electrons. The predicted octanol–water partition coefficient (Wildman–Crippen LogP) is 2.69. The second kappa shape index (κ2) is 7.31. The summed E-state index contributed by atoms with van der Waals surface area (Å²) in [6, 6.07) is 4.89. The smallest absolute Gasteiger partial charge is 0.257 e. The number of benzene rings is 1. The Bertz CT molecular complexity index is 810. The van der Waals surface area contributed by atoms with Gasteiger partial charge in [0, 0.05) is 43.4 Å². The summed E-state index contributed by atoms with van der Waals surface area (Å²) in [5, 5.41) is 6.58. The molecule has 0 saturated carbocycles. The van der Waals surface area contributed by atoms with Crippen molar-refractivity contribution in [2.45, 2.75) is 25.8 Å². The van der Waals surface area contributed by atoms with Gasteiger partial charge in [0.15, 0.2) is 0 Å². The number of hydrogen-bond acceptors (Lipinski definition) is 4. The van der Waals surface area contributed by atoms with Gasteiger partial charge in [-0.15, -0.1) is 0 Å². The minimum atomic E-state index is -0.196. The average Bonchev–Trinajstić information content (AvgIpc) is 3.34. The van der Waals surface area contributed by atoms with Crippen LogP contribution in [0.25, 0.3) is 0 Å². The Morgan fingerprint density at radius 2 is 2.22 bits per heavy atom. The zero-order valence-electron chi connectivity index (χ0n) is 15.6. The van der Waals surface area contributed by atoms with Crippen LogP contribution in [-0.4, -0.2) is 59.2 Å². The van der Waals surface area contributed by atoms with E-state index in [1.165, 1.54) is 6.07 Å². The lowest BCUT2D eigenvalue weighted by atomic mass is 9.79. The van der Waals surface area contributed by atoms with Crippen LogP contribution in [0.4, 0.5) is 4.39 Å². The van der Waals surface area contributed by atoms with E-state index >= 15 is 0 Å². The van der Waals surface area contributed by atoms with E-state index in [-0.39, 0.29) is 17.1 Å². The number of H-pyrrole nitrogens is 1. The van der Waals surface area contributed by atoms with Crippen LogP contribution < -0.4 is 4.74 Å². The first-order valence-electron chi connectivity index (χ1n) is 9.41. The molecule has 0 bridgehead atoms. The topological polar surface area (TPSA) is 61.5 Å². The maximum absolute atomic E-state index is 14.2. The summed E-state index contributed by atoms with van der Waals surface area (Å²) >= 11 is 0. The number of nitrogens with zero attached hydrogens (tertiary/aromatic N) is 3. The van der Waals surface area contributed by atoms with E-state index in [2.05, 4.69) is 15.1 Å². The Morgan fingerprint density at radius 1 is 1.33 bits per heavy atom. The second-order valence-corrected chi connectivity index (χ2v) is 7.74. The van der Waals surface area contributed by atoms with Gasteiger partial charge in [0.2, 0.25) is 0 Å². The van der Waals surface area contributed by atoms with E-state index in [4.69, 9.17) is 4.74 Å². The SMILES string of the molecule is COc1ccc(F)c(CN2CCCC3(CCN(C(=O)c4cn[nH]c4)C3)C2)c1. The summed E-state index contributed by atoms with van der Waals surface area (Å²) in [6.07, 6.45) is 6.39. The number of piperidine rings is 1. The van der Waals surface area contributed by atoms with Crippen LogP contribution in [0.5, 0.6) is 5.75 Å². The number of amides is 1. The summed E-state index contributed by atoms with van der Waals surface area (Å²) in [4.78, 5) is 16.9. The van der Waals surface area contributed by atoms with Crippen LogP contribution in [0.15, 0.2) is 30.6 Å². The first kappa shape index (κ1) is 18.0. The molecule has 4 rings (SSSR count). The zero-order chi connectivity index (χ0) is 18.9. The molecule has 1 aromatic carbocycles. The number of aromatic amines is 1. The van der Waals surface area contributed by atoms with Gasteiger partial charge in [-0.25, -0.2) is 4.39 Å². The highest BCUT2D eigenvalue weighted by molar-refractivity contribution is 5.93. The molecule has 0 radical (unpaired) electrons. The summed E-state index contributed by atoms with van der Waals surface area (Å²) in [7, 11) is 1.59. The molecule has 2 saturated heterocycles. The van der Waals surface area contributed by atoms with Gasteiger partial charge < -0.3 is 9.64 Å². The Hall–Kier alpha value is -2.41. The third-order valence-electron chi connectivity index (χ3n) is 5.86. The highest BCUT2D eigenvalue weighted by Gasteiger charge is 2.43. The lowest BCUT2D eigenvalue weighted by molar-refractivity contribution is 0.0673. The average molecular weight is 372 g/mol. The predicted molar refractivity (Wildman–Crippen MR) is 99.0 cm³/mol. The molecule has 6 nitrogen and oxygen atoms in total. The fraction of sp³-hybridized carbons (Fsp3) is 0.500. The minimum absolute atomic E-state index is 0.0385. The summed E-state index contributed by atoms with van der Waals surface area (Å²) in [5.74, 6) is 0.520. The Balaban J connectivity index is 1.43. The standard InChI is InChI=1S/C20H25FN4O2/c1-27-17-3-4-18(21)15(9-17)12-24-7-2-5-20(13-24)6-8-25(14-20)19(26)16-10-22-23-11-16/h3-4,9-11H,2,5-8,12-14H2,1H3,(H,22,23). The molecule has 2 aliphatic heterocycles. The highest BCUT2D eigenvalue weighted by Crippen LogP contribution is 2.40. The van der Waals surface area contributed by atoms with Gasteiger partial charge >= 0.3 is 0 Å². The molecule has 2 aromatic rings. The summed E-state index contributed by atoms with van der Waals surface area (Å²) < 4.78 is 19.4. The number of carbonyl (C=O) groups is 1. The lowest BCUT2D eigenvalue weighted by Crippen LogP contribution is -2.45. The van der Waals surface area contributed by atoms with E-state index < -0.39 is 0 Å². The molecule has 2 fully saturated rings. The van der Waals surface area contributed by atoms with E-state index in [0.29, 0.717) is 23.4 Å². The number of nitrogens with one attached hydrogen (secondary N) is 1. The molecule has 0 aliphatic carbocycles. The minimum Gasteiger partial charge on any atom is -0.497 e. The lowest BCUT2D eigenvalue weighted by Gasteiger charge is -2.40. The number of ether oxygens (including phenoxy) is 1. The second-order valence-electron chi connectivity index (χ2n) is 7.74. The molecule has 1 atom stereocenters. The number of carbonyl (C=O) groups excluding carboxylic acids is 1. The molecule has 1 unspecified atom stereocenters. The number of methoxy groups -OCH3 is 1. The number of halogens is 1. The van der Waals surface area contributed by atoms with Crippen LogP contribution in [0.3, 0.4) is 0 Å². The first-order valence-corrected chi connectivity index (χ1v) is 9.41. The molecule has 2 aliphatic rings. The van der Waals surface area contributed by atoms with Crippen molar-refractivity contribution in [1.82, 2.24) is 20.0 Å². The molecule has 1 spiro atoms. The number of rotatable bonds is 4. The molecule has 1 aromatic heterocycles.